The highest BCUT2D eigenvalue weighted by atomic mass is 14.8. The van der Waals surface area contributed by atoms with E-state index >= 15 is 0 Å². The third-order valence-electron chi connectivity index (χ3n) is 1.41. The summed E-state index contributed by atoms with van der Waals surface area (Å²) in [6.07, 6.45) is 3.37. The van der Waals surface area contributed by atoms with Gasteiger partial charge in [-0.2, -0.15) is 0 Å². The lowest BCUT2D eigenvalue weighted by Gasteiger charge is -1.90. The third-order valence-corrected chi connectivity index (χ3v) is 1.41. The average molecular weight is 136 g/mol. The van der Waals surface area contributed by atoms with E-state index in [1.165, 1.54) is 0 Å². The van der Waals surface area contributed by atoms with Gasteiger partial charge >= 0.3 is 0 Å². The molecule has 0 aliphatic rings. The molecule has 0 saturated heterocycles. The van der Waals surface area contributed by atoms with Gasteiger partial charge < -0.3 is 5.48 Å². The normalized spacial score (nSPS) is 9.09. The maximum atomic E-state index is 4.07. The second-order valence-corrected chi connectivity index (χ2v) is 2.08. The van der Waals surface area contributed by atoms with Crippen molar-refractivity contribution in [1.82, 2.24) is 9.97 Å². The van der Waals surface area contributed by atoms with Gasteiger partial charge in [0.15, 0.2) is 0 Å². The molecule has 0 unspecified atom stereocenters. The molecule has 0 amide bonds. The van der Waals surface area contributed by atoms with E-state index in [4.69, 9.17) is 0 Å². The van der Waals surface area contributed by atoms with Crippen LogP contribution < -0.4 is 0 Å². The van der Waals surface area contributed by atoms with Crippen LogP contribution in [0.2, 0.25) is 0 Å². The van der Waals surface area contributed by atoms with E-state index in [2.05, 4.69) is 9.97 Å². The molecule has 0 bridgehead atoms. The topological polar surface area (TPSA) is 57.3 Å². The molecule has 0 aliphatic heterocycles. The molecule has 0 spiro atoms. The zero-order valence-corrected chi connectivity index (χ0v) is 5.86. The first-order chi connectivity index (χ1) is 4.97. The molecule has 2 aromatic rings. The molecule has 1 aromatic carbocycles. The summed E-state index contributed by atoms with van der Waals surface area (Å²) in [6.45, 7) is 0. The van der Waals surface area contributed by atoms with Crippen molar-refractivity contribution in [2.24, 2.45) is 0 Å². The highest BCUT2D eigenvalue weighted by Crippen LogP contribution is 2.06. The third kappa shape index (κ3) is 1.33. The standard InChI is InChI=1S/C8H6N2.H2O/c1-2-4-8-7(3-1)5-9-6-10-8;/h1-6H;1H2/i;1-12. The minimum atomic E-state index is 0. The Labute approximate surface area is 64.0 Å². The van der Waals surface area contributed by atoms with Gasteiger partial charge in [0, 0.05) is 11.6 Å². The summed E-state index contributed by atoms with van der Waals surface area (Å²) < 4.78 is 0. The van der Waals surface area contributed by atoms with Crippen molar-refractivity contribution < 1.29 is 5.48 Å². The zero-order chi connectivity index (χ0) is 6.81. The summed E-state index contributed by atoms with van der Waals surface area (Å²) in [4.78, 5) is 7.97. The predicted octanol–water partition coefficient (Wildman–Crippen LogP) is 0.805. The molecular weight excluding hydrogens is 128 g/mol. The van der Waals surface area contributed by atoms with Crippen LogP contribution in [0.25, 0.3) is 10.9 Å². The van der Waals surface area contributed by atoms with Gasteiger partial charge in [0.25, 0.3) is 0 Å². The Kier molecular flexibility index (Phi) is 2.13. The maximum Gasteiger partial charge on any atom is 0.116 e. The van der Waals surface area contributed by atoms with E-state index in [0.717, 1.165) is 10.9 Å². The first-order valence-electron chi connectivity index (χ1n) is 3.11. The molecule has 3 heteroatoms. The Hall–Kier alpha value is -1.48. The summed E-state index contributed by atoms with van der Waals surface area (Å²) in [5.74, 6) is 0. The molecule has 0 radical (unpaired) electrons. The maximum absolute atomic E-state index is 4.07. The van der Waals surface area contributed by atoms with Crippen molar-refractivity contribution in [1.29, 1.82) is 0 Å². The first kappa shape index (κ1) is 7.63. The van der Waals surface area contributed by atoms with Gasteiger partial charge in [-0.3, -0.25) is 0 Å². The fraction of sp³-hybridized carbons (Fsp3) is 0. The SMILES string of the molecule is [4OH2].c1ccc2ncncc2c1. The van der Waals surface area contributed by atoms with Crippen LogP contribution in [0.5, 0.6) is 0 Å². The largest absolute Gasteiger partial charge is 0.412 e. The van der Waals surface area contributed by atoms with E-state index in [1.54, 1.807) is 6.33 Å². The molecule has 11 heavy (non-hydrogen) atoms. The van der Waals surface area contributed by atoms with Crippen LogP contribution in [-0.4, -0.2) is 15.4 Å². The summed E-state index contributed by atoms with van der Waals surface area (Å²) in [6, 6.07) is 7.91. The number of fused-ring (bicyclic) bond motifs is 1. The van der Waals surface area contributed by atoms with Gasteiger partial charge in [-0.05, 0) is 6.07 Å². The lowest BCUT2D eigenvalue weighted by molar-refractivity contribution is 0.824. The number of aromatic nitrogens is 2. The summed E-state index contributed by atoms with van der Waals surface area (Å²) in [7, 11) is 0. The Morgan fingerprint density at radius 3 is 2.73 bits per heavy atom. The predicted molar refractivity (Wildman–Crippen MR) is 43.2 cm³/mol. The summed E-state index contributed by atoms with van der Waals surface area (Å²) in [5, 5.41) is 1.09. The average Bonchev–Trinajstić information content (AvgIpc) is 2.05. The number of hydrogen-bond acceptors (Lipinski definition) is 2. The Balaban J connectivity index is 0.000000605. The van der Waals surface area contributed by atoms with Gasteiger partial charge in [0.05, 0.1) is 5.52 Å². The monoisotopic (exact) mass is 136 g/mol. The quantitative estimate of drug-likeness (QED) is 0.538. The van der Waals surface area contributed by atoms with Gasteiger partial charge in [-0.1, -0.05) is 18.2 Å². The highest BCUT2D eigenvalue weighted by Gasteiger charge is 1.87. The van der Waals surface area contributed by atoms with Gasteiger partial charge in [0.1, 0.15) is 6.33 Å². The van der Waals surface area contributed by atoms with E-state index in [-0.39, 0.29) is 5.48 Å². The Morgan fingerprint density at radius 2 is 1.91 bits per heavy atom. The molecule has 2 N–H and O–H groups in total. The number of rotatable bonds is 0. The van der Waals surface area contributed by atoms with Crippen molar-refractivity contribution >= 4 is 10.9 Å². The lowest BCUT2D eigenvalue weighted by atomic mass is 4.00. The summed E-state index contributed by atoms with van der Waals surface area (Å²) >= 11 is 0. The number of para-hydroxylation sites is 1. The molecule has 1 aromatic heterocycles. The van der Waals surface area contributed by atoms with Crippen LogP contribution in [-0.2, 0) is 0 Å². The van der Waals surface area contributed by atoms with E-state index in [9.17, 15) is 0 Å². The first-order valence-corrected chi connectivity index (χ1v) is 3.11. The van der Waals surface area contributed by atoms with Crippen molar-refractivity contribution in [2.45, 2.75) is 0 Å². The van der Waals surface area contributed by atoms with Gasteiger partial charge in [-0.25, -0.2) is 9.97 Å². The van der Waals surface area contributed by atoms with Gasteiger partial charge in [0.2, 0.25) is 0 Å². The zero-order valence-electron chi connectivity index (χ0n) is 5.86. The van der Waals surface area contributed by atoms with Crippen LogP contribution in [0.3, 0.4) is 0 Å². The highest BCUT2D eigenvalue weighted by molar-refractivity contribution is 5.76. The van der Waals surface area contributed by atoms with Crippen molar-refractivity contribution in [3.63, 3.8) is 0 Å². The second-order valence-electron chi connectivity index (χ2n) is 2.08. The molecule has 2 rings (SSSR count). The molecule has 0 fully saturated rings. The summed E-state index contributed by atoms with van der Waals surface area (Å²) in [5.41, 5.74) is 0.998. The van der Waals surface area contributed by atoms with Crippen LogP contribution in [0.15, 0.2) is 36.8 Å². The van der Waals surface area contributed by atoms with Crippen LogP contribution in [0, 0.1) is 0 Å². The van der Waals surface area contributed by atoms with Crippen molar-refractivity contribution in [3.8, 4) is 0 Å². The minimum absolute atomic E-state index is 0. The molecule has 0 aliphatic carbocycles. The van der Waals surface area contributed by atoms with Crippen LogP contribution in [0.4, 0.5) is 0 Å². The van der Waals surface area contributed by atoms with Crippen molar-refractivity contribution in [3.05, 3.63) is 36.8 Å². The smallest absolute Gasteiger partial charge is 0.116 e. The minimum Gasteiger partial charge on any atom is -0.412 e. The molecular formula is C8H8N2O. The molecule has 56 valence electrons. The molecule has 1 heterocycles. The molecule has 0 saturated carbocycles. The fourth-order valence-electron chi connectivity index (χ4n) is 0.923. The van der Waals surface area contributed by atoms with Crippen LogP contribution in [0.1, 0.15) is 0 Å². The van der Waals surface area contributed by atoms with E-state index in [0.29, 0.717) is 0 Å². The van der Waals surface area contributed by atoms with Crippen molar-refractivity contribution in [2.75, 3.05) is 0 Å². The molecule has 3 nitrogen and oxygen atoms in total. The van der Waals surface area contributed by atoms with Gasteiger partial charge in [-0.15, -0.1) is 0 Å². The Morgan fingerprint density at radius 1 is 1.09 bits per heavy atom. The Bertz CT molecular complexity index is 283. The molecule has 0 atom stereocenters. The number of benzene rings is 1. The fourth-order valence-corrected chi connectivity index (χ4v) is 0.923. The van der Waals surface area contributed by atoms with E-state index < -0.39 is 0 Å². The van der Waals surface area contributed by atoms with E-state index in [1.807, 2.05) is 30.5 Å². The number of nitrogens with zero attached hydrogens (tertiary/aromatic N) is 2. The number of hydrogen-bond donors (Lipinski definition) is 0. The lowest BCUT2D eigenvalue weighted by Crippen LogP contribution is -1.77. The second kappa shape index (κ2) is 3.07. The van der Waals surface area contributed by atoms with Crippen LogP contribution >= 0.6 is 0 Å².